The highest BCUT2D eigenvalue weighted by molar-refractivity contribution is 5.96. The van der Waals surface area contributed by atoms with E-state index in [1.807, 2.05) is 44.2 Å². The average Bonchev–Trinajstić information content (AvgIpc) is 2.72. The molecule has 6 N–H and O–H groups in total. The predicted molar refractivity (Wildman–Crippen MR) is 130 cm³/mol. The molecule has 2 aromatic rings. The molecule has 2 aromatic carbocycles. The number of benzene rings is 2. The molecule has 0 saturated carbocycles. The SMILES string of the molecule is CNc1ccc(-c2ccc(F)c(F)c2CCC/C(C(C)=N)=C(\C)N)cc1C(N)CN(C)C. The van der Waals surface area contributed by atoms with Gasteiger partial charge in [0, 0.05) is 36.7 Å². The fraction of sp³-hybridized carbons (Fsp3) is 0.400. The van der Waals surface area contributed by atoms with Gasteiger partial charge in [-0.1, -0.05) is 12.1 Å². The standard InChI is InChI=1S/C25H35F2N5/c1-15(28)18(16(2)29)7-6-8-20-19(10-11-22(26)25(20)27)17-9-12-24(31-3)21(13-17)23(30)14-32(4)5/h9-13,23,28,31H,6-8,14,29-30H2,1-5H3/b18-16-,28-15?. The highest BCUT2D eigenvalue weighted by Crippen LogP contribution is 2.33. The summed E-state index contributed by atoms with van der Waals surface area (Å²) in [5.74, 6) is -1.70. The zero-order valence-corrected chi connectivity index (χ0v) is 19.7. The van der Waals surface area contributed by atoms with Gasteiger partial charge in [-0.2, -0.15) is 0 Å². The van der Waals surface area contributed by atoms with Gasteiger partial charge in [0.05, 0.1) is 0 Å². The van der Waals surface area contributed by atoms with E-state index in [4.69, 9.17) is 16.9 Å². The van der Waals surface area contributed by atoms with Crippen LogP contribution in [0.15, 0.2) is 41.6 Å². The molecule has 0 aromatic heterocycles. The summed E-state index contributed by atoms with van der Waals surface area (Å²) in [4.78, 5) is 2.01. The van der Waals surface area contributed by atoms with Crippen LogP contribution in [0.2, 0.25) is 0 Å². The topological polar surface area (TPSA) is 91.2 Å². The zero-order chi connectivity index (χ0) is 24.0. The summed E-state index contributed by atoms with van der Waals surface area (Å²) in [7, 11) is 5.75. The van der Waals surface area contributed by atoms with Crippen molar-refractivity contribution in [2.24, 2.45) is 11.5 Å². The van der Waals surface area contributed by atoms with E-state index in [1.165, 1.54) is 0 Å². The highest BCUT2D eigenvalue weighted by Gasteiger charge is 2.18. The number of allylic oxidation sites excluding steroid dienone is 2. The van der Waals surface area contributed by atoms with Crippen LogP contribution in [0, 0.1) is 17.0 Å². The van der Waals surface area contributed by atoms with Crippen molar-refractivity contribution < 1.29 is 8.78 Å². The van der Waals surface area contributed by atoms with Crippen LogP contribution in [-0.2, 0) is 6.42 Å². The smallest absolute Gasteiger partial charge is 0.162 e. The zero-order valence-electron chi connectivity index (χ0n) is 19.7. The van der Waals surface area contributed by atoms with Crippen molar-refractivity contribution in [3.63, 3.8) is 0 Å². The lowest BCUT2D eigenvalue weighted by atomic mass is 9.91. The molecule has 0 amide bonds. The van der Waals surface area contributed by atoms with E-state index in [0.717, 1.165) is 28.5 Å². The number of rotatable bonds is 10. The Labute approximate surface area is 190 Å². The van der Waals surface area contributed by atoms with Gasteiger partial charge >= 0.3 is 0 Å². The summed E-state index contributed by atoms with van der Waals surface area (Å²) in [5.41, 5.74) is 17.6. The molecule has 0 heterocycles. The number of anilines is 1. The fourth-order valence-corrected chi connectivity index (χ4v) is 3.99. The van der Waals surface area contributed by atoms with E-state index < -0.39 is 11.6 Å². The Bertz CT molecular complexity index is 994. The van der Waals surface area contributed by atoms with Gasteiger partial charge in [0.15, 0.2) is 11.6 Å². The van der Waals surface area contributed by atoms with Crippen LogP contribution in [0.1, 0.15) is 43.9 Å². The highest BCUT2D eigenvalue weighted by atomic mass is 19.2. The first-order chi connectivity index (χ1) is 15.1. The molecular formula is C25H35F2N5. The van der Waals surface area contributed by atoms with Crippen molar-refractivity contribution >= 4 is 11.4 Å². The maximum Gasteiger partial charge on any atom is 0.162 e. The van der Waals surface area contributed by atoms with E-state index in [9.17, 15) is 8.78 Å². The average molecular weight is 444 g/mol. The molecule has 2 rings (SSSR count). The Balaban J connectivity index is 2.45. The van der Waals surface area contributed by atoms with Crippen LogP contribution in [0.4, 0.5) is 14.5 Å². The summed E-state index contributed by atoms with van der Waals surface area (Å²) in [6.45, 7) is 4.09. The lowest BCUT2D eigenvalue weighted by Crippen LogP contribution is -2.26. The lowest BCUT2D eigenvalue weighted by Gasteiger charge is -2.21. The second-order valence-corrected chi connectivity index (χ2v) is 8.45. The first-order valence-corrected chi connectivity index (χ1v) is 10.8. The third kappa shape index (κ3) is 6.14. The quantitative estimate of drug-likeness (QED) is 0.396. The Kier molecular flexibility index (Phi) is 8.92. The van der Waals surface area contributed by atoms with Gasteiger partial charge in [0.25, 0.3) is 0 Å². The number of likely N-dealkylation sites (N-methyl/N-ethyl adjacent to an activating group) is 1. The van der Waals surface area contributed by atoms with Crippen LogP contribution >= 0.6 is 0 Å². The first-order valence-electron chi connectivity index (χ1n) is 10.8. The van der Waals surface area contributed by atoms with Crippen molar-refractivity contribution in [2.75, 3.05) is 33.0 Å². The largest absolute Gasteiger partial charge is 0.402 e. The minimum atomic E-state index is -0.867. The molecule has 1 unspecified atom stereocenters. The molecule has 0 spiro atoms. The maximum absolute atomic E-state index is 14.9. The molecule has 0 saturated heterocycles. The molecule has 0 fully saturated rings. The second-order valence-electron chi connectivity index (χ2n) is 8.45. The molecule has 0 aliphatic carbocycles. The normalized spacial score (nSPS) is 13.2. The van der Waals surface area contributed by atoms with Crippen molar-refractivity contribution in [3.05, 3.63) is 64.4 Å². The lowest BCUT2D eigenvalue weighted by molar-refractivity contribution is 0.377. The van der Waals surface area contributed by atoms with Crippen LogP contribution in [0.5, 0.6) is 0 Å². The number of nitrogens with two attached hydrogens (primary N) is 2. The van der Waals surface area contributed by atoms with Gasteiger partial charge in [-0.05, 0) is 93.2 Å². The van der Waals surface area contributed by atoms with E-state index in [2.05, 4.69) is 5.32 Å². The van der Waals surface area contributed by atoms with Gasteiger partial charge < -0.3 is 27.1 Å². The molecule has 0 radical (unpaired) electrons. The van der Waals surface area contributed by atoms with Gasteiger partial charge in [-0.3, -0.25) is 0 Å². The minimum Gasteiger partial charge on any atom is -0.402 e. The van der Waals surface area contributed by atoms with E-state index in [1.54, 1.807) is 19.9 Å². The Hall–Kier alpha value is -2.77. The van der Waals surface area contributed by atoms with Crippen LogP contribution in [0.3, 0.4) is 0 Å². The molecule has 1 atom stereocenters. The number of nitrogens with zero attached hydrogens (tertiary/aromatic N) is 1. The Morgan fingerprint density at radius 1 is 1.16 bits per heavy atom. The van der Waals surface area contributed by atoms with Crippen LogP contribution in [-0.4, -0.2) is 38.3 Å². The van der Waals surface area contributed by atoms with Crippen molar-refractivity contribution in [2.45, 2.75) is 39.2 Å². The number of hydrogen-bond acceptors (Lipinski definition) is 5. The molecule has 5 nitrogen and oxygen atoms in total. The van der Waals surface area contributed by atoms with E-state index >= 15 is 0 Å². The summed E-state index contributed by atoms with van der Waals surface area (Å²) in [6, 6.07) is 8.31. The second kappa shape index (κ2) is 11.2. The van der Waals surface area contributed by atoms with Gasteiger partial charge in [-0.25, -0.2) is 8.78 Å². The minimum absolute atomic E-state index is 0.239. The molecule has 174 valence electrons. The molecule has 0 bridgehead atoms. The molecule has 0 aliphatic heterocycles. The third-order valence-corrected chi connectivity index (χ3v) is 5.57. The summed E-state index contributed by atoms with van der Waals surface area (Å²) in [5, 5.41) is 11.0. The summed E-state index contributed by atoms with van der Waals surface area (Å²) < 4.78 is 29.0. The number of halogens is 2. The number of nitrogens with one attached hydrogen (secondary N) is 2. The maximum atomic E-state index is 14.9. The molecule has 0 aliphatic rings. The summed E-state index contributed by atoms with van der Waals surface area (Å²) >= 11 is 0. The molecular weight excluding hydrogens is 408 g/mol. The first kappa shape index (κ1) is 25.5. The van der Waals surface area contributed by atoms with Crippen molar-refractivity contribution in [1.29, 1.82) is 5.41 Å². The van der Waals surface area contributed by atoms with E-state index in [0.29, 0.717) is 48.3 Å². The Morgan fingerprint density at radius 3 is 2.41 bits per heavy atom. The summed E-state index contributed by atoms with van der Waals surface area (Å²) in [6.07, 6.45) is 1.41. The monoisotopic (exact) mass is 443 g/mol. The van der Waals surface area contributed by atoms with Crippen LogP contribution < -0.4 is 16.8 Å². The molecule has 32 heavy (non-hydrogen) atoms. The number of hydrogen-bond donors (Lipinski definition) is 4. The van der Waals surface area contributed by atoms with E-state index in [-0.39, 0.29) is 6.04 Å². The van der Waals surface area contributed by atoms with Crippen molar-refractivity contribution in [1.82, 2.24) is 4.90 Å². The van der Waals surface area contributed by atoms with Crippen LogP contribution in [0.25, 0.3) is 11.1 Å². The van der Waals surface area contributed by atoms with Gasteiger partial charge in [0.2, 0.25) is 0 Å². The molecule has 7 heteroatoms. The fourth-order valence-electron chi connectivity index (χ4n) is 3.99. The van der Waals surface area contributed by atoms with Gasteiger partial charge in [-0.15, -0.1) is 0 Å². The van der Waals surface area contributed by atoms with Gasteiger partial charge in [0.1, 0.15) is 0 Å². The van der Waals surface area contributed by atoms with Crippen molar-refractivity contribution in [3.8, 4) is 11.1 Å². The predicted octanol–water partition coefficient (Wildman–Crippen LogP) is 4.83. The third-order valence-electron chi connectivity index (χ3n) is 5.57. The Morgan fingerprint density at radius 2 is 1.84 bits per heavy atom.